The zero-order chi connectivity index (χ0) is 16.2. The number of rotatable bonds is 5. The number of hydrogen-bond acceptors (Lipinski definition) is 4. The van der Waals surface area contributed by atoms with E-state index in [0.29, 0.717) is 6.54 Å². The molecular weight excluding hydrogens is 298 g/mol. The molecule has 0 aromatic heterocycles. The van der Waals surface area contributed by atoms with E-state index in [1.807, 2.05) is 6.92 Å². The summed E-state index contributed by atoms with van der Waals surface area (Å²) >= 11 is 5.86. The number of carbonyl (C=O) groups is 2. The van der Waals surface area contributed by atoms with Crippen LogP contribution in [-0.4, -0.2) is 41.3 Å². The molecule has 0 aliphatic carbocycles. The van der Waals surface area contributed by atoms with E-state index >= 15 is 0 Å². The third-order valence-electron chi connectivity index (χ3n) is 2.98. The van der Waals surface area contributed by atoms with Gasteiger partial charge in [-0.3, -0.25) is 19.7 Å². The second kappa shape index (κ2) is 7.03. The quantitative estimate of drug-likeness (QED) is 0.663. The summed E-state index contributed by atoms with van der Waals surface area (Å²) in [5.41, 5.74) is -0.118. The summed E-state index contributed by atoms with van der Waals surface area (Å²) in [7, 11) is 1.63. The molecule has 1 aromatic rings. The van der Waals surface area contributed by atoms with Gasteiger partial charge in [0.25, 0.3) is 11.6 Å². The largest absolute Gasteiger partial charge is 0.344 e. The molecule has 8 heteroatoms. The lowest BCUT2D eigenvalue weighted by atomic mass is 10.1. The first-order valence-electron chi connectivity index (χ1n) is 6.27. The molecule has 0 bridgehead atoms. The molecule has 0 heterocycles. The third kappa shape index (κ3) is 4.16. The molecular formula is C13H16ClN3O4. The Hall–Kier alpha value is -2.15. The van der Waals surface area contributed by atoms with Crippen molar-refractivity contribution in [3.63, 3.8) is 0 Å². The van der Waals surface area contributed by atoms with E-state index in [1.54, 1.807) is 14.0 Å². The molecule has 0 radical (unpaired) electrons. The molecule has 1 rings (SSSR count). The van der Waals surface area contributed by atoms with E-state index in [-0.39, 0.29) is 22.2 Å². The highest BCUT2D eigenvalue weighted by molar-refractivity contribution is 6.34. The van der Waals surface area contributed by atoms with Crippen molar-refractivity contribution in [1.29, 1.82) is 0 Å². The Kier molecular flexibility index (Phi) is 5.66. The Balaban J connectivity index is 2.85. The summed E-state index contributed by atoms with van der Waals surface area (Å²) in [6, 6.07) is 2.83. The van der Waals surface area contributed by atoms with E-state index in [2.05, 4.69) is 5.32 Å². The van der Waals surface area contributed by atoms with Crippen molar-refractivity contribution in [2.24, 2.45) is 0 Å². The van der Waals surface area contributed by atoms with Crippen LogP contribution in [0.2, 0.25) is 5.02 Å². The number of halogens is 1. The molecule has 1 unspecified atom stereocenters. The fourth-order valence-corrected chi connectivity index (χ4v) is 1.88. The summed E-state index contributed by atoms with van der Waals surface area (Å²) in [6.07, 6.45) is 0. The van der Waals surface area contributed by atoms with E-state index < -0.39 is 16.9 Å². The van der Waals surface area contributed by atoms with Gasteiger partial charge in [-0.25, -0.2) is 0 Å². The zero-order valence-corrected chi connectivity index (χ0v) is 12.7. The van der Waals surface area contributed by atoms with E-state index in [0.717, 1.165) is 6.07 Å². The summed E-state index contributed by atoms with van der Waals surface area (Å²) in [6.45, 7) is 3.91. The van der Waals surface area contributed by atoms with Crippen LogP contribution in [0.15, 0.2) is 18.2 Å². The van der Waals surface area contributed by atoms with E-state index in [1.165, 1.54) is 17.0 Å². The molecule has 114 valence electrons. The van der Waals surface area contributed by atoms with Crippen LogP contribution in [-0.2, 0) is 4.79 Å². The molecule has 0 saturated carbocycles. The predicted molar refractivity (Wildman–Crippen MR) is 78.3 cm³/mol. The van der Waals surface area contributed by atoms with Crippen molar-refractivity contribution in [3.8, 4) is 0 Å². The van der Waals surface area contributed by atoms with Gasteiger partial charge >= 0.3 is 0 Å². The lowest BCUT2D eigenvalue weighted by Crippen LogP contribution is -2.45. The fraction of sp³-hybridized carbons (Fsp3) is 0.385. The Labute approximate surface area is 127 Å². The Morgan fingerprint density at radius 3 is 2.57 bits per heavy atom. The van der Waals surface area contributed by atoms with Gasteiger partial charge in [0.15, 0.2) is 0 Å². The minimum Gasteiger partial charge on any atom is -0.344 e. The first-order valence-corrected chi connectivity index (χ1v) is 6.65. The average Bonchev–Trinajstić information content (AvgIpc) is 2.44. The van der Waals surface area contributed by atoms with Crippen molar-refractivity contribution in [2.75, 3.05) is 13.6 Å². The highest BCUT2D eigenvalue weighted by Crippen LogP contribution is 2.22. The minimum absolute atomic E-state index is 0.0369. The number of nitro groups is 1. The number of likely N-dealkylation sites (N-methyl/N-ethyl adjacent to an activating group) is 1. The molecule has 0 spiro atoms. The van der Waals surface area contributed by atoms with Gasteiger partial charge in [-0.1, -0.05) is 11.6 Å². The SMILES string of the molecule is CCN(C)C(=O)C(C)NC(=O)c1ccc([N+](=O)[O-])cc1Cl. The van der Waals surface area contributed by atoms with Crippen molar-refractivity contribution in [2.45, 2.75) is 19.9 Å². The molecule has 2 amide bonds. The lowest BCUT2D eigenvalue weighted by Gasteiger charge is -2.20. The lowest BCUT2D eigenvalue weighted by molar-refractivity contribution is -0.384. The van der Waals surface area contributed by atoms with Gasteiger partial charge in [0, 0.05) is 25.7 Å². The van der Waals surface area contributed by atoms with E-state index in [9.17, 15) is 19.7 Å². The number of carbonyl (C=O) groups excluding carboxylic acids is 2. The van der Waals surface area contributed by atoms with Gasteiger partial charge in [0.2, 0.25) is 5.91 Å². The van der Waals surface area contributed by atoms with E-state index in [4.69, 9.17) is 11.6 Å². The first kappa shape index (κ1) is 16.9. The van der Waals surface area contributed by atoms with Crippen LogP contribution in [0.1, 0.15) is 24.2 Å². The van der Waals surface area contributed by atoms with Gasteiger partial charge in [-0.15, -0.1) is 0 Å². The smallest absolute Gasteiger partial charge is 0.270 e. The van der Waals surface area contributed by atoms with Crippen LogP contribution in [0.25, 0.3) is 0 Å². The Morgan fingerprint density at radius 1 is 1.48 bits per heavy atom. The van der Waals surface area contributed by atoms with Gasteiger partial charge < -0.3 is 10.2 Å². The molecule has 0 saturated heterocycles. The highest BCUT2D eigenvalue weighted by Gasteiger charge is 2.21. The van der Waals surface area contributed by atoms with Gasteiger partial charge in [0.05, 0.1) is 15.5 Å². The number of benzene rings is 1. The Morgan fingerprint density at radius 2 is 2.10 bits per heavy atom. The molecule has 1 N–H and O–H groups in total. The second-order valence-corrected chi connectivity index (χ2v) is 4.88. The van der Waals surface area contributed by atoms with Crippen LogP contribution in [0.4, 0.5) is 5.69 Å². The highest BCUT2D eigenvalue weighted by atomic mass is 35.5. The molecule has 21 heavy (non-hydrogen) atoms. The minimum atomic E-state index is -0.714. The molecule has 0 aliphatic heterocycles. The maximum Gasteiger partial charge on any atom is 0.270 e. The zero-order valence-electron chi connectivity index (χ0n) is 11.9. The first-order chi connectivity index (χ1) is 9.77. The standard InChI is InChI=1S/C13H16ClN3O4/c1-4-16(3)13(19)8(2)15-12(18)10-6-5-9(17(20)21)7-11(10)14/h5-8H,4H2,1-3H3,(H,15,18). The average molecular weight is 314 g/mol. The third-order valence-corrected chi connectivity index (χ3v) is 3.29. The number of nitrogens with zero attached hydrogens (tertiary/aromatic N) is 2. The van der Waals surface area contributed by atoms with Crippen molar-refractivity contribution in [1.82, 2.24) is 10.2 Å². The summed E-state index contributed by atoms with van der Waals surface area (Å²) < 4.78 is 0. The maximum atomic E-state index is 12.0. The molecule has 1 atom stereocenters. The predicted octanol–water partition coefficient (Wildman–Crippen LogP) is 1.84. The van der Waals surface area contributed by atoms with Crippen LogP contribution >= 0.6 is 11.6 Å². The number of hydrogen-bond donors (Lipinski definition) is 1. The van der Waals surface area contributed by atoms with Crippen LogP contribution in [0, 0.1) is 10.1 Å². The summed E-state index contributed by atoms with van der Waals surface area (Å²) in [5.74, 6) is -0.788. The van der Waals surface area contributed by atoms with Crippen LogP contribution < -0.4 is 5.32 Å². The molecule has 1 aromatic carbocycles. The van der Waals surface area contributed by atoms with Gasteiger partial charge in [-0.05, 0) is 19.9 Å². The van der Waals surface area contributed by atoms with Gasteiger partial charge in [0.1, 0.15) is 6.04 Å². The molecule has 7 nitrogen and oxygen atoms in total. The topological polar surface area (TPSA) is 92.6 Å². The maximum absolute atomic E-state index is 12.0. The normalized spacial score (nSPS) is 11.6. The number of amides is 2. The molecule has 0 aliphatic rings. The van der Waals surface area contributed by atoms with Crippen LogP contribution in [0.3, 0.4) is 0 Å². The summed E-state index contributed by atoms with van der Waals surface area (Å²) in [4.78, 5) is 35.4. The second-order valence-electron chi connectivity index (χ2n) is 4.47. The van der Waals surface area contributed by atoms with Crippen molar-refractivity contribution < 1.29 is 14.5 Å². The fourth-order valence-electron chi connectivity index (χ4n) is 1.62. The number of non-ortho nitro benzene ring substituents is 1. The number of nitrogens with one attached hydrogen (secondary N) is 1. The van der Waals surface area contributed by atoms with Crippen LogP contribution in [0.5, 0.6) is 0 Å². The van der Waals surface area contributed by atoms with Gasteiger partial charge in [-0.2, -0.15) is 0 Å². The van der Waals surface area contributed by atoms with Crippen molar-refractivity contribution >= 4 is 29.1 Å². The summed E-state index contributed by atoms with van der Waals surface area (Å²) in [5, 5.41) is 13.1. The monoisotopic (exact) mass is 313 g/mol. The van der Waals surface area contributed by atoms with Crippen molar-refractivity contribution in [3.05, 3.63) is 38.9 Å². The molecule has 0 fully saturated rings. The Bertz CT molecular complexity index is 577. The number of nitro benzene ring substituents is 1.